The van der Waals surface area contributed by atoms with E-state index in [2.05, 4.69) is 21.6 Å². The van der Waals surface area contributed by atoms with Crippen LogP contribution in [-0.4, -0.2) is 48.6 Å². The highest BCUT2D eigenvalue weighted by Crippen LogP contribution is 2.21. The molecular formula is C13H22N2. The number of nitrogens with zero attached hydrogens (tertiary/aromatic N) is 2. The van der Waals surface area contributed by atoms with Gasteiger partial charge in [-0.2, -0.15) is 0 Å². The third-order valence-corrected chi connectivity index (χ3v) is 3.62. The molecule has 2 fully saturated rings. The van der Waals surface area contributed by atoms with Crippen LogP contribution in [0.1, 0.15) is 32.6 Å². The fourth-order valence-electron chi connectivity index (χ4n) is 2.83. The molecule has 15 heavy (non-hydrogen) atoms. The quantitative estimate of drug-likeness (QED) is 0.633. The van der Waals surface area contributed by atoms with E-state index in [1.165, 1.54) is 52.0 Å². The van der Waals surface area contributed by atoms with Gasteiger partial charge in [0.2, 0.25) is 0 Å². The van der Waals surface area contributed by atoms with Gasteiger partial charge in [-0.3, -0.25) is 4.90 Å². The van der Waals surface area contributed by atoms with Crippen molar-refractivity contribution in [2.75, 3.05) is 32.7 Å². The maximum absolute atomic E-state index is 3.17. The van der Waals surface area contributed by atoms with Gasteiger partial charge in [0.15, 0.2) is 0 Å². The lowest BCUT2D eigenvalue weighted by atomic mass is 10.2. The number of rotatable bonds is 2. The van der Waals surface area contributed by atoms with Crippen molar-refractivity contribution in [2.24, 2.45) is 0 Å². The minimum Gasteiger partial charge on any atom is -0.301 e. The van der Waals surface area contributed by atoms with Gasteiger partial charge in [0.1, 0.15) is 0 Å². The molecule has 0 amide bonds. The lowest BCUT2D eigenvalue weighted by Crippen LogP contribution is -2.36. The Morgan fingerprint density at radius 2 is 2.07 bits per heavy atom. The van der Waals surface area contributed by atoms with E-state index < -0.39 is 0 Å². The van der Waals surface area contributed by atoms with E-state index in [0.717, 1.165) is 12.5 Å². The zero-order valence-corrected chi connectivity index (χ0v) is 9.84. The Morgan fingerprint density at radius 1 is 1.20 bits per heavy atom. The smallest absolute Gasteiger partial charge is 0.0223 e. The van der Waals surface area contributed by atoms with E-state index in [0.29, 0.717) is 0 Å². The predicted octanol–water partition coefficient (Wildman–Crippen LogP) is 1.57. The molecule has 2 aliphatic heterocycles. The predicted molar refractivity (Wildman–Crippen MR) is 63.7 cm³/mol. The second kappa shape index (κ2) is 5.53. The Bertz CT molecular complexity index is 251. The fourth-order valence-corrected chi connectivity index (χ4v) is 2.83. The lowest BCUT2D eigenvalue weighted by Gasteiger charge is -2.24. The van der Waals surface area contributed by atoms with Gasteiger partial charge in [-0.25, -0.2) is 0 Å². The first-order valence-electron chi connectivity index (χ1n) is 6.26. The van der Waals surface area contributed by atoms with Crippen LogP contribution >= 0.6 is 0 Å². The summed E-state index contributed by atoms with van der Waals surface area (Å²) in [5.74, 6) is 6.15. The minimum atomic E-state index is 0.849. The molecule has 0 aromatic heterocycles. The van der Waals surface area contributed by atoms with Gasteiger partial charge in [-0.15, -0.1) is 11.8 Å². The summed E-state index contributed by atoms with van der Waals surface area (Å²) in [5.41, 5.74) is 0. The van der Waals surface area contributed by atoms with Crippen LogP contribution in [0.15, 0.2) is 0 Å². The molecule has 0 bridgehead atoms. The van der Waals surface area contributed by atoms with Crippen LogP contribution < -0.4 is 0 Å². The van der Waals surface area contributed by atoms with Crippen molar-refractivity contribution in [3.63, 3.8) is 0 Å². The molecule has 0 saturated carbocycles. The molecule has 0 aliphatic carbocycles. The summed E-state index contributed by atoms with van der Waals surface area (Å²) in [6, 6.07) is 0.849. The zero-order chi connectivity index (χ0) is 10.5. The van der Waals surface area contributed by atoms with Gasteiger partial charge >= 0.3 is 0 Å². The topological polar surface area (TPSA) is 6.48 Å². The van der Waals surface area contributed by atoms with Crippen LogP contribution in [0.3, 0.4) is 0 Å². The van der Waals surface area contributed by atoms with Crippen LogP contribution in [0.25, 0.3) is 0 Å². The molecule has 2 saturated heterocycles. The van der Waals surface area contributed by atoms with Gasteiger partial charge in [-0.05, 0) is 45.8 Å². The highest BCUT2D eigenvalue weighted by atomic mass is 15.3. The Morgan fingerprint density at radius 3 is 2.93 bits per heavy atom. The standard InChI is InChI=1S/C13H22N2/c1-2-3-4-8-14-9-6-11-15-10-5-7-13(15)12-14/h13H,4-12H2,1H3. The van der Waals surface area contributed by atoms with Crippen LogP contribution in [0.5, 0.6) is 0 Å². The molecule has 84 valence electrons. The maximum atomic E-state index is 3.17. The Kier molecular flexibility index (Phi) is 4.05. The summed E-state index contributed by atoms with van der Waals surface area (Å²) in [5, 5.41) is 0. The summed E-state index contributed by atoms with van der Waals surface area (Å²) < 4.78 is 0. The van der Waals surface area contributed by atoms with Gasteiger partial charge in [0.25, 0.3) is 0 Å². The second-order valence-electron chi connectivity index (χ2n) is 4.66. The van der Waals surface area contributed by atoms with E-state index in [9.17, 15) is 0 Å². The van der Waals surface area contributed by atoms with Crippen LogP contribution in [0.2, 0.25) is 0 Å². The maximum Gasteiger partial charge on any atom is 0.0223 e. The molecule has 0 aromatic rings. The SMILES string of the molecule is CC#CCCN1CCCN2CCCC2C1. The Labute approximate surface area is 93.6 Å². The first-order chi connectivity index (χ1) is 7.40. The number of hydrogen-bond donors (Lipinski definition) is 0. The largest absolute Gasteiger partial charge is 0.301 e. The third-order valence-electron chi connectivity index (χ3n) is 3.62. The molecule has 0 aromatic carbocycles. The molecule has 0 spiro atoms. The number of fused-ring (bicyclic) bond motifs is 1. The van der Waals surface area contributed by atoms with Crippen molar-refractivity contribution < 1.29 is 0 Å². The molecule has 2 aliphatic rings. The van der Waals surface area contributed by atoms with Crippen LogP contribution in [0.4, 0.5) is 0 Å². The summed E-state index contributed by atoms with van der Waals surface area (Å²) in [4.78, 5) is 5.30. The van der Waals surface area contributed by atoms with Crippen molar-refractivity contribution in [3.05, 3.63) is 0 Å². The summed E-state index contributed by atoms with van der Waals surface area (Å²) >= 11 is 0. The third kappa shape index (κ3) is 2.96. The molecule has 2 heteroatoms. The van der Waals surface area contributed by atoms with Crippen LogP contribution in [0, 0.1) is 11.8 Å². The van der Waals surface area contributed by atoms with E-state index in [4.69, 9.17) is 0 Å². The molecule has 1 unspecified atom stereocenters. The fraction of sp³-hybridized carbons (Fsp3) is 0.846. The van der Waals surface area contributed by atoms with Gasteiger partial charge < -0.3 is 4.90 Å². The first kappa shape index (κ1) is 11.0. The summed E-state index contributed by atoms with van der Waals surface area (Å²) in [6.07, 6.45) is 5.21. The average molecular weight is 206 g/mol. The molecule has 0 N–H and O–H groups in total. The van der Waals surface area contributed by atoms with Crippen molar-refractivity contribution in [1.82, 2.24) is 9.80 Å². The van der Waals surface area contributed by atoms with Crippen molar-refractivity contribution in [3.8, 4) is 11.8 Å². The molecule has 0 radical (unpaired) electrons. The number of hydrogen-bond acceptors (Lipinski definition) is 2. The Balaban J connectivity index is 1.82. The molecule has 1 atom stereocenters. The second-order valence-corrected chi connectivity index (χ2v) is 4.66. The molecular weight excluding hydrogens is 184 g/mol. The van der Waals surface area contributed by atoms with Gasteiger partial charge in [0, 0.05) is 25.6 Å². The van der Waals surface area contributed by atoms with Gasteiger partial charge in [-0.1, -0.05) is 0 Å². The first-order valence-corrected chi connectivity index (χ1v) is 6.26. The highest BCUT2D eigenvalue weighted by Gasteiger charge is 2.28. The average Bonchev–Trinajstić information content (AvgIpc) is 2.58. The van der Waals surface area contributed by atoms with Crippen molar-refractivity contribution >= 4 is 0 Å². The zero-order valence-electron chi connectivity index (χ0n) is 9.84. The molecule has 2 heterocycles. The van der Waals surface area contributed by atoms with Crippen LogP contribution in [-0.2, 0) is 0 Å². The van der Waals surface area contributed by atoms with E-state index in [1.807, 2.05) is 6.92 Å². The summed E-state index contributed by atoms with van der Waals surface area (Å²) in [7, 11) is 0. The van der Waals surface area contributed by atoms with Crippen molar-refractivity contribution in [2.45, 2.75) is 38.6 Å². The minimum absolute atomic E-state index is 0.849. The Hall–Kier alpha value is -0.520. The van der Waals surface area contributed by atoms with Crippen molar-refractivity contribution in [1.29, 1.82) is 0 Å². The monoisotopic (exact) mass is 206 g/mol. The highest BCUT2D eigenvalue weighted by molar-refractivity contribution is 4.96. The van der Waals surface area contributed by atoms with E-state index in [-0.39, 0.29) is 0 Å². The van der Waals surface area contributed by atoms with E-state index in [1.54, 1.807) is 0 Å². The lowest BCUT2D eigenvalue weighted by molar-refractivity contribution is 0.223. The van der Waals surface area contributed by atoms with E-state index >= 15 is 0 Å². The molecule has 2 rings (SSSR count). The van der Waals surface area contributed by atoms with Gasteiger partial charge in [0.05, 0.1) is 0 Å². The molecule has 2 nitrogen and oxygen atoms in total. The summed E-state index contributed by atoms with van der Waals surface area (Å²) in [6.45, 7) is 8.32. The normalized spacial score (nSPS) is 27.9.